The van der Waals surface area contributed by atoms with Crippen LogP contribution < -0.4 is 5.32 Å². The largest absolute Gasteiger partial charge is 0.394 e. The molecule has 0 bridgehead atoms. The summed E-state index contributed by atoms with van der Waals surface area (Å²) in [5.41, 5.74) is -0.340. The number of nitrogens with one attached hydrogen (secondary N) is 1. The first-order valence-corrected chi connectivity index (χ1v) is 5.83. The molecule has 6 heteroatoms. The summed E-state index contributed by atoms with van der Waals surface area (Å²) in [6, 6.07) is 0. The van der Waals surface area contributed by atoms with E-state index < -0.39 is 12.6 Å². The zero-order valence-corrected chi connectivity index (χ0v) is 10.4. The fraction of sp³-hybridized carbons (Fsp3) is 1.00. The summed E-state index contributed by atoms with van der Waals surface area (Å²) >= 11 is 0. The Hall–Kier alpha value is -0.330. The molecule has 0 rings (SSSR count). The summed E-state index contributed by atoms with van der Waals surface area (Å²) in [5.74, 6) is 0. The molecule has 0 fully saturated rings. The molecule has 0 aromatic rings. The van der Waals surface area contributed by atoms with Crippen molar-refractivity contribution in [3.63, 3.8) is 0 Å². The Morgan fingerprint density at radius 1 is 1.18 bits per heavy atom. The van der Waals surface area contributed by atoms with Crippen molar-refractivity contribution >= 4 is 0 Å². The zero-order chi connectivity index (χ0) is 13.4. The van der Waals surface area contributed by atoms with E-state index in [1.165, 1.54) is 0 Å². The van der Waals surface area contributed by atoms with Gasteiger partial charge in [0.2, 0.25) is 0 Å². The summed E-state index contributed by atoms with van der Waals surface area (Å²) in [6.07, 6.45) is -2.97. The summed E-state index contributed by atoms with van der Waals surface area (Å²) in [6.45, 7) is 1.97. The normalized spacial score (nSPS) is 15.9. The first kappa shape index (κ1) is 16.7. The Morgan fingerprint density at radius 2 is 1.82 bits per heavy atom. The molecule has 0 radical (unpaired) electrons. The van der Waals surface area contributed by atoms with Gasteiger partial charge in [-0.05, 0) is 26.3 Å². The Morgan fingerprint density at radius 3 is 2.24 bits per heavy atom. The van der Waals surface area contributed by atoms with Crippen LogP contribution in [0, 0.1) is 0 Å². The number of aliphatic hydroxyl groups excluding tert-OH is 1. The average Bonchev–Trinajstić information content (AvgIpc) is 2.28. The van der Waals surface area contributed by atoms with E-state index in [1.54, 1.807) is 7.05 Å². The number of alkyl halides is 3. The maximum atomic E-state index is 11.8. The number of ether oxygens (including phenoxy) is 1. The van der Waals surface area contributed by atoms with E-state index in [4.69, 9.17) is 4.74 Å². The van der Waals surface area contributed by atoms with E-state index in [9.17, 15) is 18.3 Å². The van der Waals surface area contributed by atoms with Crippen LogP contribution >= 0.6 is 0 Å². The SMILES string of the molecule is CCC(CO)(CCCOCCC(F)(F)F)NC. The van der Waals surface area contributed by atoms with Crippen molar-refractivity contribution in [2.24, 2.45) is 0 Å². The number of rotatable bonds is 9. The molecule has 0 aromatic carbocycles. The summed E-state index contributed by atoms with van der Waals surface area (Å²) in [7, 11) is 1.77. The highest BCUT2D eigenvalue weighted by molar-refractivity contribution is 4.84. The zero-order valence-electron chi connectivity index (χ0n) is 10.4. The number of hydrogen-bond acceptors (Lipinski definition) is 3. The highest BCUT2D eigenvalue weighted by Gasteiger charge is 2.27. The molecule has 0 aliphatic carbocycles. The predicted octanol–water partition coefficient (Wildman–Crippen LogP) is 2.10. The van der Waals surface area contributed by atoms with Crippen LogP contribution in [0.4, 0.5) is 13.2 Å². The van der Waals surface area contributed by atoms with Crippen LogP contribution in [0.15, 0.2) is 0 Å². The van der Waals surface area contributed by atoms with Crippen molar-refractivity contribution in [1.29, 1.82) is 0 Å². The Bertz CT molecular complexity index is 185. The summed E-state index contributed by atoms with van der Waals surface area (Å²) in [4.78, 5) is 0. The standard InChI is InChI=1S/C11H22F3NO2/c1-3-10(9-16,15-2)5-4-7-17-8-6-11(12,13)14/h15-16H,3-9H2,1-2H3. The quantitative estimate of drug-likeness (QED) is 0.621. The van der Waals surface area contributed by atoms with E-state index in [1.807, 2.05) is 6.92 Å². The maximum Gasteiger partial charge on any atom is 0.391 e. The summed E-state index contributed by atoms with van der Waals surface area (Å²) < 4.78 is 40.3. The second-order valence-corrected chi connectivity index (χ2v) is 4.12. The molecule has 17 heavy (non-hydrogen) atoms. The lowest BCUT2D eigenvalue weighted by Crippen LogP contribution is -2.46. The molecule has 0 aliphatic rings. The minimum Gasteiger partial charge on any atom is -0.394 e. The number of hydrogen-bond donors (Lipinski definition) is 2. The van der Waals surface area contributed by atoms with Gasteiger partial charge in [0.25, 0.3) is 0 Å². The molecule has 0 heterocycles. The topological polar surface area (TPSA) is 41.5 Å². The molecule has 0 amide bonds. The number of likely N-dealkylation sites (N-methyl/N-ethyl adjacent to an activating group) is 1. The van der Waals surface area contributed by atoms with Crippen LogP contribution in [0.1, 0.15) is 32.6 Å². The molecule has 0 aromatic heterocycles. The van der Waals surface area contributed by atoms with Gasteiger partial charge in [-0.2, -0.15) is 13.2 Å². The van der Waals surface area contributed by atoms with E-state index >= 15 is 0 Å². The highest BCUT2D eigenvalue weighted by Crippen LogP contribution is 2.19. The van der Waals surface area contributed by atoms with Crippen LogP contribution in [0.2, 0.25) is 0 Å². The highest BCUT2D eigenvalue weighted by atomic mass is 19.4. The number of halogens is 3. The third kappa shape index (κ3) is 7.57. The molecule has 1 unspecified atom stereocenters. The molecule has 2 N–H and O–H groups in total. The Balaban J connectivity index is 3.63. The minimum atomic E-state index is -4.15. The molecular weight excluding hydrogens is 235 g/mol. The average molecular weight is 257 g/mol. The molecule has 0 saturated heterocycles. The van der Waals surface area contributed by atoms with E-state index in [-0.39, 0.29) is 18.8 Å². The molecule has 0 aliphatic heterocycles. The molecule has 0 spiro atoms. The van der Waals surface area contributed by atoms with Crippen molar-refractivity contribution in [2.75, 3.05) is 26.9 Å². The van der Waals surface area contributed by atoms with E-state index in [0.717, 1.165) is 6.42 Å². The smallest absolute Gasteiger partial charge is 0.391 e. The van der Waals surface area contributed by atoms with Gasteiger partial charge >= 0.3 is 6.18 Å². The lowest BCUT2D eigenvalue weighted by Gasteiger charge is -2.30. The van der Waals surface area contributed by atoms with Crippen LogP contribution in [0.3, 0.4) is 0 Å². The first-order chi connectivity index (χ1) is 7.89. The fourth-order valence-corrected chi connectivity index (χ4v) is 1.55. The molecule has 0 saturated carbocycles. The van der Waals surface area contributed by atoms with Crippen molar-refractivity contribution in [2.45, 2.75) is 44.3 Å². The van der Waals surface area contributed by atoms with Crippen LogP contribution in [-0.2, 0) is 4.74 Å². The second-order valence-electron chi connectivity index (χ2n) is 4.12. The van der Waals surface area contributed by atoms with Gasteiger partial charge in [-0.15, -0.1) is 0 Å². The third-order valence-corrected chi connectivity index (χ3v) is 2.98. The van der Waals surface area contributed by atoms with Crippen molar-refractivity contribution in [1.82, 2.24) is 5.32 Å². The maximum absolute atomic E-state index is 11.8. The fourth-order valence-electron chi connectivity index (χ4n) is 1.55. The molecule has 1 atom stereocenters. The minimum absolute atomic E-state index is 0.0164. The van der Waals surface area contributed by atoms with Gasteiger partial charge in [0, 0.05) is 12.1 Å². The molecular formula is C11H22F3NO2. The van der Waals surface area contributed by atoms with Gasteiger partial charge in [0.15, 0.2) is 0 Å². The Labute approximate surface area is 100 Å². The predicted molar refractivity (Wildman–Crippen MR) is 59.9 cm³/mol. The van der Waals surface area contributed by atoms with Gasteiger partial charge in [-0.3, -0.25) is 0 Å². The van der Waals surface area contributed by atoms with Gasteiger partial charge in [0.1, 0.15) is 0 Å². The van der Waals surface area contributed by atoms with Gasteiger partial charge < -0.3 is 15.2 Å². The van der Waals surface area contributed by atoms with Crippen molar-refractivity contribution in [3.05, 3.63) is 0 Å². The first-order valence-electron chi connectivity index (χ1n) is 5.83. The Kier molecular flexibility index (Phi) is 7.74. The van der Waals surface area contributed by atoms with E-state index in [2.05, 4.69) is 5.32 Å². The van der Waals surface area contributed by atoms with Crippen molar-refractivity contribution in [3.8, 4) is 0 Å². The number of aliphatic hydroxyl groups is 1. The molecule has 104 valence electrons. The lowest BCUT2D eigenvalue weighted by atomic mass is 9.92. The van der Waals surface area contributed by atoms with Crippen molar-refractivity contribution < 1.29 is 23.0 Å². The van der Waals surface area contributed by atoms with Crippen LogP contribution in [0.25, 0.3) is 0 Å². The van der Waals surface area contributed by atoms with Gasteiger partial charge in [-0.1, -0.05) is 6.92 Å². The summed E-state index contributed by atoms with van der Waals surface area (Å²) in [5, 5.41) is 12.3. The molecule has 3 nitrogen and oxygen atoms in total. The van der Waals surface area contributed by atoms with Crippen LogP contribution in [-0.4, -0.2) is 43.7 Å². The lowest BCUT2D eigenvalue weighted by molar-refractivity contribution is -0.145. The van der Waals surface area contributed by atoms with E-state index in [0.29, 0.717) is 19.4 Å². The van der Waals surface area contributed by atoms with Gasteiger partial charge in [0.05, 0.1) is 19.6 Å². The van der Waals surface area contributed by atoms with Crippen LogP contribution in [0.5, 0.6) is 0 Å². The van der Waals surface area contributed by atoms with Gasteiger partial charge in [-0.25, -0.2) is 0 Å². The second kappa shape index (κ2) is 7.89. The monoisotopic (exact) mass is 257 g/mol. The third-order valence-electron chi connectivity index (χ3n) is 2.98.